The van der Waals surface area contributed by atoms with Crippen molar-refractivity contribution in [1.82, 2.24) is 14.8 Å². The number of hydrogen-bond donors (Lipinski definition) is 1. The Hall–Kier alpha value is -1.89. The largest absolute Gasteiger partial charge is 0.419 e. The van der Waals surface area contributed by atoms with E-state index < -0.39 is 11.7 Å². The molecule has 1 N–H and O–H groups in total. The van der Waals surface area contributed by atoms with E-state index in [-0.39, 0.29) is 12.4 Å². The van der Waals surface area contributed by atoms with Gasteiger partial charge in [-0.25, -0.2) is 9.67 Å². The maximum atomic E-state index is 12.5. The topological polar surface area (TPSA) is 50.9 Å². The fraction of sp³-hybridized carbons (Fsp3) is 0.333. The third-order valence-corrected chi connectivity index (χ3v) is 2.74. The summed E-state index contributed by atoms with van der Waals surface area (Å²) in [7, 11) is 0. The molecule has 2 aromatic rings. The summed E-state index contributed by atoms with van der Waals surface area (Å²) >= 11 is 0. The van der Waals surface area contributed by atoms with E-state index in [0.717, 1.165) is 22.6 Å². The molecule has 0 unspecified atom stereocenters. The van der Waals surface area contributed by atoms with E-state index in [1.54, 1.807) is 19.9 Å². The lowest BCUT2D eigenvalue weighted by atomic mass is 10.1. The molecule has 0 bridgehead atoms. The SMILES string of the molecule is Cc1cc(C)c(CO)c(-n2cc(C(F)(F)F)cn2)n1. The van der Waals surface area contributed by atoms with E-state index in [0.29, 0.717) is 11.3 Å². The lowest BCUT2D eigenvalue weighted by Gasteiger charge is -2.10. The molecular weight excluding hydrogens is 259 g/mol. The molecule has 0 radical (unpaired) electrons. The summed E-state index contributed by atoms with van der Waals surface area (Å²) in [5.74, 6) is 0.218. The maximum absolute atomic E-state index is 12.5. The standard InChI is InChI=1S/C12H12F3N3O/c1-7-3-8(2)17-11(10(7)6-19)18-5-9(4-16-18)12(13,14)15/h3-5,19H,6H2,1-2H3. The Morgan fingerprint density at radius 2 is 2.00 bits per heavy atom. The number of aryl methyl sites for hydroxylation is 2. The van der Waals surface area contributed by atoms with Gasteiger partial charge in [-0.3, -0.25) is 0 Å². The lowest BCUT2D eigenvalue weighted by molar-refractivity contribution is -0.137. The fourth-order valence-electron chi connectivity index (χ4n) is 1.81. The first kappa shape index (κ1) is 13.5. The van der Waals surface area contributed by atoms with E-state index >= 15 is 0 Å². The van der Waals surface area contributed by atoms with Crippen molar-refractivity contribution in [2.45, 2.75) is 26.6 Å². The average molecular weight is 271 g/mol. The molecule has 2 rings (SSSR count). The zero-order valence-electron chi connectivity index (χ0n) is 10.4. The van der Waals surface area contributed by atoms with Crippen LogP contribution in [-0.4, -0.2) is 19.9 Å². The summed E-state index contributed by atoms with van der Waals surface area (Å²) in [4.78, 5) is 4.14. The molecule has 0 atom stereocenters. The summed E-state index contributed by atoms with van der Waals surface area (Å²) in [6.07, 6.45) is -2.85. The van der Waals surface area contributed by atoms with Gasteiger partial charge in [0.2, 0.25) is 0 Å². The zero-order chi connectivity index (χ0) is 14.2. The zero-order valence-corrected chi connectivity index (χ0v) is 10.4. The van der Waals surface area contributed by atoms with Crippen molar-refractivity contribution in [3.05, 3.63) is 40.8 Å². The van der Waals surface area contributed by atoms with Crippen LogP contribution in [0.15, 0.2) is 18.5 Å². The van der Waals surface area contributed by atoms with Crippen LogP contribution in [-0.2, 0) is 12.8 Å². The minimum atomic E-state index is -4.45. The first-order chi connectivity index (χ1) is 8.82. The van der Waals surface area contributed by atoms with Crippen LogP contribution in [0.4, 0.5) is 13.2 Å². The Labute approximate surface area is 107 Å². The number of pyridine rings is 1. The van der Waals surface area contributed by atoms with Crippen molar-refractivity contribution in [3.63, 3.8) is 0 Å². The van der Waals surface area contributed by atoms with Crippen molar-refractivity contribution >= 4 is 0 Å². The molecule has 4 nitrogen and oxygen atoms in total. The van der Waals surface area contributed by atoms with Crippen LogP contribution in [0.3, 0.4) is 0 Å². The number of alkyl halides is 3. The number of aliphatic hydroxyl groups excluding tert-OH is 1. The molecule has 19 heavy (non-hydrogen) atoms. The summed E-state index contributed by atoms with van der Waals surface area (Å²) in [6, 6.07) is 1.75. The fourth-order valence-corrected chi connectivity index (χ4v) is 1.81. The van der Waals surface area contributed by atoms with Crippen molar-refractivity contribution in [1.29, 1.82) is 0 Å². The van der Waals surface area contributed by atoms with Crippen LogP contribution >= 0.6 is 0 Å². The van der Waals surface area contributed by atoms with Crippen LogP contribution in [0.5, 0.6) is 0 Å². The molecule has 0 aliphatic heterocycles. The molecule has 0 aromatic carbocycles. The number of aliphatic hydroxyl groups is 1. The van der Waals surface area contributed by atoms with Crippen molar-refractivity contribution in [3.8, 4) is 5.82 Å². The van der Waals surface area contributed by atoms with E-state index in [2.05, 4.69) is 10.1 Å². The van der Waals surface area contributed by atoms with Gasteiger partial charge in [-0.15, -0.1) is 0 Å². The highest BCUT2D eigenvalue weighted by Crippen LogP contribution is 2.29. The molecule has 0 fully saturated rings. The van der Waals surface area contributed by atoms with Crippen molar-refractivity contribution < 1.29 is 18.3 Å². The molecule has 0 saturated carbocycles. The highest BCUT2D eigenvalue weighted by atomic mass is 19.4. The summed E-state index contributed by atoms with van der Waals surface area (Å²) in [5, 5.41) is 13.0. The Morgan fingerprint density at radius 1 is 1.32 bits per heavy atom. The second kappa shape index (κ2) is 4.65. The third-order valence-electron chi connectivity index (χ3n) is 2.74. The smallest absolute Gasteiger partial charge is 0.392 e. The molecule has 2 aromatic heterocycles. The van der Waals surface area contributed by atoms with Crippen LogP contribution < -0.4 is 0 Å². The highest BCUT2D eigenvalue weighted by Gasteiger charge is 2.32. The van der Waals surface area contributed by atoms with Gasteiger partial charge in [0, 0.05) is 17.5 Å². The second-order valence-electron chi connectivity index (χ2n) is 4.21. The molecule has 7 heteroatoms. The van der Waals surface area contributed by atoms with Crippen LogP contribution in [0.25, 0.3) is 5.82 Å². The Bertz CT molecular complexity index is 605. The van der Waals surface area contributed by atoms with Gasteiger partial charge in [0.1, 0.15) is 0 Å². The number of hydrogen-bond acceptors (Lipinski definition) is 3. The van der Waals surface area contributed by atoms with Crippen LogP contribution in [0, 0.1) is 13.8 Å². The number of aromatic nitrogens is 3. The van der Waals surface area contributed by atoms with E-state index in [4.69, 9.17) is 0 Å². The number of halogens is 3. The Kier molecular flexibility index (Phi) is 3.32. The molecule has 102 valence electrons. The Balaban J connectivity index is 2.56. The van der Waals surface area contributed by atoms with E-state index in [1.807, 2.05) is 0 Å². The maximum Gasteiger partial charge on any atom is 0.419 e. The molecule has 0 saturated heterocycles. The Morgan fingerprint density at radius 3 is 2.53 bits per heavy atom. The monoisotopic (exact) mass is 271 g/mol. The predicted octanol–water partition coefficient (Wildman–Crippen LogP) is 2.40. The summed E-state index contributed by atoms with van der Waals surface area (Å²) < 4.78 is 38.6. The molecule has 0 aliphatic carbocycles. The molecule has 2 heterocycles. The van der Waals surface area contributed by atoms with Crippen LogP contribution in [0.2, 0.25) is 0 Å². The number of nitrogens with zero attached hydrogens (tertiary/aromatic N) is 3. The van der Waals surface area contributed by atoms with Gasteiger partial charge >= 0.3 is 6.18 Å². The molecule has 0 aliphatic rings. The van der Waals surface area contributed by atoms with Gasteiger partial charge in [-0.1, -0.05) is 0 Å². The van der Waals surface area contributed by atoms with Crippen molar-refractivity contribution in [2.24, 2.45) is 0 Å². The minimum Gasteiger partial charge on any atom is -0.392 e. The van der Waals surface area contributed by atoms with Gasteiger partial charge in [0.05, 0.1) is 18.4 Å². The normalized spacial score (nSPS) is 11.9. The highest BCUT2D eigenvalue weighted by molar-refractivity contribution is 5.40. The summed E-state index contributed by atoms with van der Waals surface area (Å²) in [6.45, 7) is 3.18. The minimum absolute atomic E-state index is 0.218. The summed E-state index contributed by atoms with van der Waals surface area (Å²) in [5.41, 5.74) is 1.02. The first-order valence-corrected chi connectivity index (χ1v) is 5.53. The lowest BCUT2D eigenvalue weighted by Crippen LogP contribution is -2.07. The van der Waals surface area contributed by atoms with Crippen LogP contribution in [0.1, 0.15) is 22.4 Å². The van der Waals surface area contributed by atoms with Gasteiger partial charge < -0.3 is 5.11 Å². The first-order valence-electron chi connectivity index (χ1n) is 5.53. The molecule has 0 amide bonds. The van der Waals surface area contributed by atoms with Gasteiger partial charge in [-0.2, -0.15) is 18.3 Å². The van der Waals surface area contributed by atoms with E-state index in [9.17, 15) is 18.3 Å². The molecular formula is C12H12F3N3O. The molecule has 0 spiro atoms. The van der Waals surface area contributed by atoms with Gasteiger partial charge in [0.15, 0.2) is 5.82 Å². The van der Waals surface area contributed by atoms with Crippen molar-refractivity contribution in [2.75, 3.05) is 0 Å². The quantitative estimate of drug-likeness (QED) is 0.912. The second-order valence-corrected chi connectivity index (χ2v) is 4.21. The van der Waals surface area contributed by atoms with E-state index in [1.165, 1.54) is 0 Å². The number of rotatable bonds is 2. The predicted molar refractivity (Wildman–Crippen MR) is 61.8 cm³/mol. The third kappa shape index (κ3) is 2.60. The average Bonchev–Trinajstić information content (AvgIpc) is 2.76. The van der Waals surface area contributed by atoms with Gasteiger partial charge in [-0.05, 0) is 25.5 Å². The van der Waals surface area contributed by atoms with Gasteiger partial charge in [0.25, 0.3) is 0 Å².